The molecule has 130 valence electrons. The van der Waals surface area contributed by atoms with Crippen LogP contribution in [0, 0.1) is 23.4 Å². The van der Waals surface area contributed by atoms with E-state index >= 15 is 0 Å². The SMILES string of the molecule is O=S(=O)(N[C@@H](C1CCCC1)C(F)(F)F)c1cc(F)c(F)cc1F. The van der Waals surface area contributed by atoms with Gasteiger partial charge in [0.25, 0.3) is 0 Å². The molecule has 3 nitrogen and oxygen atoms in total. The molecule has 0 unspecified atom stereocenters. The van der Waals surface area contributed by atoms with E-state index in [2.05, 4.69) is 0 Å². The van der Waals surface area contributed by atoms with Crippen molar-refractivity contribution in [2.45, 2.75) is 42.8 Å². The molecule has 0 aliphatic heterocycles. The van der Waals surface area contributed by atoms with Crippen LogP contribution >= 0.6 is 0 Å². The Morgan fingerprint density at radius 2 is 1.52 bits per heavy atom. The Balaban J connectivity index is 2.36. The van der Waals surface area contributed by atoms with Gasteiger partial charge in [-0.25, -0.2) is 21.6 Å². The van der Waals surface area contributed by atoms with E-state index in [1.165, 1.54) is 4.72 Å². The standard InChI is InChI=1S/C13H13F6NO2S/c14-8-5-10(16)11(6-9(8)15)23(21,22)20-12(13(17,18)19)7-3-1-2-4-7/h5-7,12,20H,1-4H2/t12-/m0/s1. The van der Waals surface area contributed by atoms with Crippen LogP contribution in [0.25, 0.3) is 0 Å². The highest BCUT2D eigenvalue weighted by Gasteiger charge is 2.47. The first-order chi connectivity index (χ1) is 10.5. The number of hydrogen-bond donors (Lipinski definition) is 1. The summed E-state index contributed by atoms with van der Waals surface area (Å²) in [7, 11) is -5.00. The molecule has 2 rings (SSSR count). The fourth-order valence-corrected chi connectivity index (χ4v) is 4.02. The van der Waals surface area contributed by atoms with Crippen LogP contribution in [0.3, 0.4) is 0 Å². The maximum absolute atomic E-state index is 13.5. The van der Waals surface area contributed by atoms with Gasteiger partial charge < -0.3 is 0 Å². The normalized spacial score (nSPS) is 18.3. The summed E-state index contributed by atoms with van der Waals surface area (Å²) in [4.78, 5) is -1.36. The van der Waals surface area contributed by atoms with E-state index < -0.39 is 50.5 Å². The van der Waals surface area contributed by atoms with Gasteiger partial charge in [-0.3, -0.25) is 0 Å². The molecule has 0 bridgehead atoms. The Hall–Kier alpha value is -1.29. The Kier molecular flexibility index (Phi) is 4.95. The minimum atomic E-state index is -5.00. The van der Waals surface area contributed by atoms with Crippen molar-refractivity contribution in [3.05, 3.63) is 29.6 Å². The lowest BCUT2D eigenvalue weighted by Crippen LogP contribution is -2.49. The summed E-state index contributed by atoms with van der Waals surface area (Å²) in [6.45, 7) is 0. The quantitative estimate of drug-likeness (QED) is 0.659. The molecule has 1 fully saturated rings. The van der Waals surface area contributed by atoms with Gasteiger partial charge in [0.2, 0.25) is 10.0 Å². The first-order valence-corrected chi connectivity index (χ1v) is 8.24. The van der Waals surface area contributed by atoms with Crippen molar-refractivity contribution in [1.82, 2.24) is 4.72 Å². The maximum atomic E-state index is 13.5. The zero-order chi connectivity index (χ0) is 17.4. The summed E-state index contributed by atoms with van der Waals surface area (Å²) >= 11 is 0. The molecule has 10 heteroatoms. The second-order valence-electron chi connectivity index (χ2n) is 5.38. The number of benzene rings is 1. The average molecular weight is 361 g/mol. The summed E-state index contributed by atoms with van der Waals surface area (Å²) < 4.78 is 104. The molecule has 0 aromatic heterocycles. The Bertz CT molecular complexity index is 682. The van der Waals surface area contributed by atoms with Crippen LogP contribution in [-0.4, -0.2) is 20.6 Å². The molecule has 0 saturated heterocycles. The van der Waals surface area contributed by atoms with E-state index in [1.807, 2.05) is 0 Å². The minimum Gasteiger partial charge on any atom is -0.207 e. The van der Waals surface area contributed by atoms with E-state index in [4.69, 9.17) is 0 Å². The van der Waals surface area contributed by atoms with Gasteiger partial charge >= 0.3 is 6.18 Å². The molecular weight excluding hydrogens is 348 g/mol. The molecule has 0 heterocycles. The smallest absolute Gasteiger partial charge is 0.207 e. The third-order valence-corrected chi connectivity index (χ3v) is 5.23. The van der Waals surface area contributed by atoms with Crippen molar-refractivity contribution in [3.8, 4) is 0 Å². The molecule has 0 radical (unpaired) electrons. The van der Waals surface area contributed by atoms with Crippen molar-refractivity contribution in [2.24, 2.45) is 5.92 Å². The lowest BCUT2D eigenvalue weighted by atomic mass is 9.99. The molecule has 1 atom stereocenters. The highest BCUT2D eigenvalue weighted by molar-refractivity contribution is 7.89. The van der Waals surface area contributed by atoms with Crippen LogP contribution in [0.15, 0.2) is 17.0 Å². The van der Waals surface area contributed by atoms with E-state index in [1.54, 1.807) is 0 Å². The molecule has 1 aliphatic rings. The first-order valence-electron chi connectivity index (χ1n) is 6.76. The predicted octanol–water partition coefficient (Wildman–Crippen LogP) is 3.50. The lowest BCUT2D eigenvalue weighted by molar-refractivity contribution is -0.162. The zero-order valence-corrected chi connectivity index (χ0v) is 12.4. The van der Waals surface area contributed by atoms with Crippen molar-refractivity contribution >= 4 is 10.0 Å². The summed E-state index contributed by atoms with van der Waals surface area (Å²) in [5.41, 5.74) is 0. The zero-order valence-electron chi connectivity index (χ0n) is 11.6. The first kappa shape index (κ1) is 18.1. The Morgan fingerprint density at radius 3 is 2.04 bits per heavy atom. The molecule has 23 heavy (non-hydrogen) atoms. The maximum Gasteiger partial charge on any atom is 0.405 e. The molecule has 1 aliphatic carbocycles. The fraction of sp³-hybridized carbons (Fsp3) is 0.538. The van der Waals surface area contributed by atoms with Crippen molar-refractivity contribution in [1.29, 1.82) is 0 Å². The molecule has 1 N–H and O–H groups in total. The fourth-order valence-electron chi connectivity index (χ4n) is 2.66. The average Bonchev–Trinajstić information content (AvgIpc) is 2.92. The summed E-state index contributed by atoms with van der Waals surface area (Å²) in [5.74, 6) is -5.94. The van der Waals surface area contributed by atoms with E-state index in [0.29, 0.717) is 12.8 Å². The number of rotatable bonds is 4. The van der Waals surface area contributed by atoms with Crippen molar-refractivity contribution in [2.75, 3.05) is 0 Å². The monoisotopic (exact) mass is 361 g/mol. The largest absolute Gasteiger partial charge is 0.405 e. The number of hydrogen-bond acceptors (Lipinski definition) is 2. The van der Waals surface area contributed by atoms with Crippen LogP contribution in [0.2, 0.25) is 0 Å². The molecule has 0 spiro atoms. The van der Waals surface area contributed by atoms with E-state index in [9.17, 15) is 34.8 Å². The van der Waals surface area contributed by atoms with Crippen molar-refractivity contribution in [3.63, 3.8) is 0 Å². The van der Waals surface area contributed by atoms with Gasteiger partial charge in [0.1, 0.15) is 16.8 Å². The number of alkyl halides is 3. The third-order valence-electron chi connectivity index (χ3n) is 3.77. The van der Waals surface area contributed by atoms with Crippen LogP contribution in [0.4, 0.5) is 26.3 Å². The number of sulfonamides is 1. The second-order valence-corrected chi connectivity index (χ2v) is 7.06. The van der Waals surface area contributed by atoms with Gasteiger partial charge in [-0.2, -0.15) is 17.9 Å². The van der Waals surface area contributed by atoms with Crippen LogP contribution in [0.5, 0.6) is 0 Å². The highest BCUT2D eigenvalue weighted by atomic mass is 32.2. The van der Waals surface area contributed by atoms with Gasteiger partial charge in [0.15, 0.2) is 11.6 Å². The summed E-state index contributed by atoms with van der Waals surface area (Å²) in [6, 6.07) is -2.40. The van der Waals surface area contributed by atoms with Crippen LogP contribution < -0.4 is 4.72 Å². The van der Waals surface area contributed by atoms with Crippen LogP contribution in [0.1, 0.15) is 25.7 Å². The molecule has 1 aromatic rings. The van der Waals surface area contributed by atoms with Gasteiger partial charge in [-0.1, -0.05) is 12.8 Å². The molecule has 1 saturated carbocycles. The minimum absolute atomic E-state index is 0.0229. The molecular formula is C13H13F6NO2S. The summed E-state index contributed by atoms with van der Waals surface area (Å²) in [6.07, 6.45) is -3.48. The van der Waals surface area contributed by atoms with Crippen LogP contribution in [-0.2, 0) is 10.0 Å². The van der Waals surface area contributed by atoms with Crippen molar-refractivity contribution < 1.29 is 34.8 Å². The molecule has 0 amide bonds. The number of halogens is 6. The lowest BCUT2D eigenvalue weighted by Gasteiger charge is -2.26. The van der Waals surface area contributed by atoms with Gasteiger partial charge in [0, 0.05) is 6.07 Å². The van der Waals surface area contributed by atoms with Gasteiger partial charge in [0.05, 0.1) is 0 Å². The second kappa shape index (κ2) is 6.31. The van der Waals surface area contributed by atoms with E-state index in [0.717, 1.165) is 0 Å². The topological polar surface area (TPSA) is 46.2 Å². The van der Waals surface area contributed by atoms with Gasteiger partial charge in [-0.05, 0) is 24.8 Å². The van der Waals surface area contributed by atoms with Gasteiger partial charge in [-0.15, -0.1) is 0 Å². The predicted molar refractivity (Wildman–Crippen MR) is 68.4 cm³/mol. The number of nitrogens with one attached hydrogen (secondary N) is 1. The molecule has 1 aromatic carbocycles. The Morgan fingerprint density at radius 1 is 1.00 bits per heavy atom. The van der Waals surface area contributed by atoms with E-state index in [-0.39, 0.29) is 25.0 Å². The third kappa shape index (κ3) is 3.97. The highest BCUT2D eigenvalue weighted by Crippen LogP contribution is 2.36. The Labute approximate surface area is 128 Å². The summed E-state index contributed by atoms with van der Waals surface area (Å²) in [5, 5.41) is 0.